The molecule has 1 aromatic carbocycles. The zero-order valence-electron chi connectivity index (χ0n) is 15.2. The predicted molar refractivity (Wildman–Crippen MR) is 100 cm³/mol. The fourth-order valence-electron chi connectivity index (χ4n) is 2.68. The average molecular weight is 351 g/mol. The zero-order chi connectivity index (χ0) is 18.9. The number of aromatic amines is 1. The lowest BCUT2D eigenvalue weighted by Crippen LogP contribution is -2.25. The highest BCUT2D eigenvalue weighted by atomic mass is 16.6. The van der Waals surface area contributed by atoms with Crippen molar-refractivity contribution in [2.24, 2.45) is 0 Å². The van der Waals surface area contributed by atoms with Crippen LogP contribution in [0.4, 0.5) is 0 Å². The average Bonchev–Trinajstić information content (AvgIpc) is 3.07. The third-order valence-corrected chi connectivity index (χ3v) is 3.79. The van der Waals surface area contributed by atoms with E-state index in [0.717, 1.165) is 16.5 Å². The van der Waals surface area contributed by atoms with Crippen molar-refractivity contribution in [2.75, 3.05) is 7.05 Å². The van der Waals surface area contributed by atoms with Crippen LogP contribution in [0.15, 0.2) is 42.6 Å². The number of hydrogen-bond acceptors (Lipinski definition) is 4. The second-order valence-electron chi connectivity index (χ2n) is 6.95. The molecule has 0 bridgehead atoms. The predicted octanol–water partition coefficient (Wildman–Crippen LogP) is 3.54. The molecule has 134 valence electrons. The molecule has 0 atom stereocenters. The van der Waals surface area contributed by atoms with Crippen LogP contribution < -0.4 is 5.32 Å². The Morgan fingerprint density at radius 2 is 1.92 bits per heavy atom. The first-order valence-corrected chi connectivity index (χ1v) is 8.32. The molecule has 0 fully saturated rings. The molecule has 6 heteroatoms. The summed E-state index contributed by atoms with van der Waals surface area (Å²) in [5, 5.41) is 3.51. The quantitative estimate of drug-likeness (QED) is 0.707. The molecule has 0 saturated heterocycles. The lowest BCUT2D eigenvalue weighted by Gasteiger charge is -2.20. The van der Waals surface area contributed by atoms with Crippen LogP contribution in [0.3, 0.4) is 0 Å². The van der Waals surface area contributed by atoms with Crippen molar-refractivity contribution in [1.29, 1.82) is 0 Å². The normalized spacial score (nSPS) is 11.4. The van der Waals surface area contributed by atoms with Gasteiger partial charge < -0.3 is 15.0 Å². The van der Waals surface area contributed by atoms with E-state index in [1.165, 1.54) is 13.1 Å². The molecule has 26 heavy (non-hydrogen) atoms. The van der Waals surface area contributed by atoms with Crippen LogP contribution in [0.25, 0.3) is 22.2 Å². The van der Waals surface area contributed by atoms with Crippen LogP contribution in [0, 0.1) is 0 Å². The largest absolute Gasteiger partial charge is 0.456 e. The van der Waals surface area contributed by atoms with Gasteiger partial charge in [-0.15, -0.1) is 0 Å². The van der Waals surface area contributed by atoms with E-state index in [4.69, 9.17) is 4.74 Å². The Kier molecular flexibility index (Phi) is 4.50. The number of carbonyl (C=O) groups excluding carboxylic acids is 2. The number of aromatic nitrogens is 2. The van der Waals surface area contributed by atoms with E-state index in [0.29, 0.717) is 5.69 Å². The van der Waals surface area contributed by atoms with Crippen LogP contribution in [0.5, 0.6) is 0 Å². The number of fused-ring (bicyclic) bond motifs is 1. The molecule has 2 N–H and O–H groups in total. The van der Waals surface area contributed by atoms with E-state index in [1.54, 1.807) is 26.8 Å². The molecule has 0 radical (unpaired) electrons. The number of carbonyl (C=O) groups is 2. The van der Waals surface area contributed by atoms with Gasteiger partial charge in [-0.05, 0) is 45.0 Å². The Bertz CT molecular complexity index is 983. The van der Waals surface area contributed by atoms with Crippen molar-refractivity contribution in [1.82, 2.24) is 15.3 Å². The van der Waals surface area contributed by atoms with Crippen LogP contribution in [-0.4, -0.2) is 34.5 Å². The molecular formula is C20H21N3O3. The highest BCUT2D eigenvalue weighted by Gasteiger charge is 2.21. The molecule has 6 nitrogen and oxygen atoms in total. The van der Waals surface area contributed by atoms with E-state index >= 15 is 0 Å². The topological polar surface area (TPSA) is 84.1 Å². The van der Waals surface area contributed by atoms with Crippen molar-refractivity contribution in [3.05, 3.63) is 53.9 Å². The number of H-pyrrole nitrogens is 1. The summed E-state index contributed by atoms with van der Waals surface area (Å²) in [4.78, 5) is 32.3. The third-order valence-electron chi connectivity index (χ3n) is 3.79. The third kappa shape index (κ3) is 3.59. The minimum absolute atomic E-state index is 0.165. The van der Waals surface area contributed by atoms with E-state index in [9.17, 15) is 9.59 Å². The maximum absolute atomic E-state index is 12.5. The molecule has 0 aliphatic carbocycles. The molecule has 2 aromatic heterocycles. The minimum Gasteiger partial charge on any atom is -0.456 e. The summed E-state index contributed by atoms with van der Waals surface area (Å²) in [6.07, 6.45) is 1.84. The monoisotopic (exact) mass is 351 g/mol. The number of nitrogens with zero attached hydrogens (tertiary/aromatic N) is 1. The van der Waals surface area contributed by atoms with Crippen LogP contribution >= 0.6 is 0 Å². The molecule has 0 spiro atoms. The van der Waals surface area contributed by atoms with E-state index in [2.05, 4.69) is 15.3 Å². The Morgan fingerprint density at radius 1 is 1.15 bits per heavy atom. The minimum atomic E-state index is -0.631. The fraction of sp³-hybridized carbons (Fsp3) is 0.250. The number of rotatable bonds is 3. The van der Waals surface area contributed by atoms with E-state index < -0.39 is 11.6 Å². The Hall–Kier alpha value is -3.15. The molecule has 0 unspecified atom stereocenters. The maximum Gasteiger partial charge on any atom is 0.338 e. The van der Waals surface area contributed by atoms with Crippen molar-refractivity contribution in [3.63, 3.8) is 0 Å². The highest BCUT2D eigenvalue weighted by Crippen LogP contribution is 2.28. The summed E-state index contributed by atoms with van der Waals surface area (Å²) in [5.74, 6) is -0.856. The lowest BCUT2D eigenvalue weighted by atomic mass is 10.0. The summed E-state index contributed by atoms with van der Waals surface area (Å²) in [6.45, 7) is 5.40. The molecule has 3 rings (SSSR count). The molecule has 0 saturated carbocycles. The zero-order valence-corrected chi connectivity index (χ0v) is 15.2. The van der Waals surface area contributed by atoms with E-state index in [1.807, 2.05) is 30.5 Å². The van der Waals surface area contributed by atoms with Gasteiger partial charge in [0.15, 0.2) is 0 Å². The second kappa shape index (κ2) is 6.63. The first-order valence-electron chi connectivity index (χ1n) is 8.32. The van der Waals surface area contributed by atoms with Crippen LogP contribution in [0.1, 0.15) is 41.6 Å². The van der Waals surface area contributed by atoms with Gasteiger partial charge in [0.05, 0.1) is 11.3 Å². The smallest absolute Gasteiger partial charge is 0.338 e. The van der Waals surface area contributed by atoms with Crippen molar-refractivity contribution < 1.29 is 14.3 Å². The molecule has 0 aliphatic heterocycles. The number of amides is 1. The SMILES string of the molecule is CNC(=O)c1cc(C(=O)OC(C)(C)C)cc(-c2cccc3[nH]ccc23)n1. The summed E-state index contributed by atoms with van der Waals surface area (Å²) < 4.78 is 5.45. The first kappa shape index (κ1) is 17.7. The fourth-order valence-corrected chi connectivity index (χ4v) is 2.68. The molecule has 3 aromatic rings. The Labute approximate surface area is 151 Å². The van der Waals surface area contributed by atoms with Crippen molar-refractivity contribution in [3.8, 4) is 11.3 Å². The van der Waals surface area contributed by atoms with Gasteiger partial charge >= 0.3 is 5.97 Å². The van der Waals surface area contributed by atoms with Gasteiger partial charge in [-0.2, -0.15) is 0 Å². The molecule has 2 heterocycles. The number of benzene rings is 1. The summed E-state index contributed by atoms with van der Waals surface area (Å²) in [7, 11) is 1.52. The molecule has 1 amide bonds. The number of ether oxygens (including phenoxy) is 1. The number of nitrogens with one attached hydrogen (secondary N) is 2. The summed E-state index contributed by atoms with van der Waals surface area (Å²) in [6, 6.07) is 10.8. The summed E-state index contributed by atoms with van der Waals surface area (Å²) in [5.41, 5.74) is 2.15. The lowest BCUT2D eigenvalue weighted by molar-refractivity contribution is 0.00694. The van der Waals surface area contributed by atoms with Gasteiger partial charge in [0.1, 0.15) is 11.3 Å². The Balaban J connectivity index is 2.16. The first-order chi connectivity index (χ1) is 12.3. The number of pyridine rings is 1. The standard InChI is InChI=1S/C20H21N3O3/c1-20(2,3)26-19(25)12-10-16(23-17(11-12)18(24)21-4)13-6-5-7-15-14(13)8-9-22-15/h5-11,22H,1-4H3,(H,21,24). The van der Waals surface area contributed by atoms with Gasteiger partial charge in [-0.25, -0.2) is 9.78 Å². The van der Waals surface area contributed by atoms with Crippen molar-refractivity contribution in [2.45, 2.75) is 26.4 Å². The number of esters is 1. The van der Waals surface area contributed by atoms with Gasteiger partial charge in [0.2, 0.25) is 0 Å². The highest BCUT2D eigenvalue weighted by molar-refractivity contribution is 6.00. The van der Waals surface area contributed by atoms with E-state index in [-0.39, 0.29) is 17.2 Å². The molecule has 0 aliphatic rings. The Morgan fingerprint density at radius 3 is 2.62 bits per heavy atom. The van der Waals surface area contributed by atoms with Crippen molar-refractivity contribution >= 4 is 22.8 Å². The summed E-state index contributed by atoms with van der Waals surface area (Å²) >= 11 is 0. The van der Waals surface area contributed by atoms with Gasteiger partial charge in [-0.1, -0.05) is 12.1 Å². The van der Waals surface area contributed by atoms with Gasteiger partial charge in [0.25, 0.3) is 5.91 Å². The van der Waals surface area contributed by atoms with Gasteiger partial charge in [-0.3, -0.25) is 4.79 Å². The van der Waals surface area contributed by atoms with Crippen LogP contribution in [0.2, 0.25) is 0 Å². The second-order valence-corrected chi connectivity index (χ2v) is 6.95. The maximum atomic E-state index is 12.5. The molecular weight excluding hydrogens is 330 g/mol. The van der Waals surface area contributed by atoms with Crippen LogP contribution in [-0.2, 0) is 4.74 Å². The van der Waals surface area contributed by atoms with Gasteiger partial charge in [0, 0.05) is 29.7 Å². The number of hydrogen-bond donors (Lipinski definition) is 2.